The van der Waals surface area contributed by atoms with Gasteiger partial charge in [-0.05, 0) is 25.1 Å². The molecule has 8 nitrogen and oxygen atoms in total. The lowest BCUT2D eigenvalue weighted by atomic mass is 10.1. The number of nitrogen functional groups attached to an aromatic ring is 1. The monoisotopic (exact) mass is 412 g/mol. The number of anilines is 1. The number of phenols is 1. The van der Waals surface area contributed by atoms with Gasteiger partial charge in [0.1, 0.15) is 33.4 Å². The van der Waals surface area contributed by atoms with Crippen LogP contribution in [0.5, 0.6) is 5.75 Å². The lowest BCUT2D eigenvalue weighted by molar-refractivity contribution is 0.0447. The predicted molar refractivity (Wildman–Crippen MR) is 100 cm³/mol. The van der Waals surface area contributed by atoms with Crippen molar-refractivity contribution in [3.8, 4) is 5.75 Å². The summed E-state index contributed by atoms with van der Waals surface area (Å²) in [6, 6.07) is 3.91. The van der Waals surface area contributed by atoms with Gasteiger partial charge in [0.2, 0.25) is 0 Å². The number of thiophene rings is 1. The summed E-state index contributed by atoms with van der Waals surface area (Å²) in [5.41, 5.74) is 5.87. The highest BCUT2D eigenvalue weighted by atomic mass is 35.5. The Hall–Kier alpha value is -2.78. The van der Waals surface area contributed by atoms with Crippen LogP contribution < -0.4 is 11.1 Å². The van der Waals surface area contributed by atoms with Crippen LogP contribution in [0, 0.1) is 0 Å². The third-order valence-electron chi connectivity index (χ3n) is 3.47. The maximum absolute atomic E-state index is 12.2. The number of ether oxygens (including phenoxy) is 2. The first-order valence-corrected chi connectivity index (χ1v) is 8.95. The second-order valence-electron chi connectivity index (χ2n) is 5.19. The summed E-state index contributed by atoms with van der Waals surface area (Å²) in [5, 5.41) is 12.6. The fourth-order valence-electron chi connectivity index (χ4n) is 2.24. The maximum atomic E-state index is 12.2. The van der Waals surface area contributed by atoms with Gasteiger partial charge in [0, 0.05) is 17.6 Å². The highest BCUT2D eigenvalue weighted by molar-refractivity contribution is 7.18. The maximum Gasteiger partial charge on any atom is 0.342 e. The van der Waals surface area contributed by atoms with E-state index in [0.29, 0.717) is 0 Å². The number of amides is 1. The van der Waals surface area contributed by atoms with Crippen molar-refractivity contribution in [2.24, 2.45) is 0 Å². The van der Waals surface area contributed by atoms with Crippen LogP contribution >= 0.6 is 22.9 Å². The average molecular weight is 413 g/mol. The van der Waals surface area contributed by atoms with Gasteiger partial charge in [0.05, 0.1) is 6.61 Å². The van der Waals surface area contributed by atoms with Gasteiger partial charge >= 0.3 is 11.9 Å². The lowest BCUT2D eigenvalue weighted by Gasteiger charge is -2.09. The molecule has 1 aromatic carbocycles. The number of esters is 2. The van der Waals surface area contributed by atoms with E-state index in [9.17, 15) is 19.5 Å². The Kier molecular flexibility index (Phi) is 6.65. The Balaban J connectivity index is 2.34. The normalized spacial score (nSPS) is 10.3. The van der Waals surface area contributed by atoms with Crippen molar-refractivity contribution >= 4 is 45.8 Å². The van der Waals surface area contributed by atoms with Gasteiger partial charge in [-0.2, -0.15) is 0 Å². The van der Waals surface area contributed by atoms with E-state index in [2.05, 4.69) is 5.32 Å². The molecule has 0 atom stereocenters. The first kappa shape index (κ1) is 20.5. The second kappa shape index (κ2) is 8.74. The Morgan fingerprint density at radius 2 is 1.96 bits per heavy atom. The number of nitrogens with one attached hydrogen (secondary N) is 1. The van der Waals surface area contributed by atoms with Crippen molar-refractivity contribution in [2.45, 2.75) is 13.5 Å². The molecule has 0 unspecified atom stereocenters. The van der Waals surface area contributed by atoms with Crippen LogP contribution in [-0.4, -0.2) is 36.6 Å². The number of phenolic OH excluding ortho intramolecular Hbond substituents is 1. The number of hydrogen-bond donors (Lipinski definition) is 3. The van der Waals surface area contributed by atoms with Crippen LogP contribution in [0.25, 0.3) is 0 Å². The van der Waals surface area contributed by atoms with Gasteiger partial charge in [-0.15, -0.1) is 11.3 Å². The summed E-state index contributed by atoms with van der Waals surface area (Å²) in [7, 11) is 1.42. The van der Waals surface area contributed by atoms with E-state index >= 15 is 0 Å². The molecule has 4 N–H and O–H groups in total. The molecule has 1 aromatic heterocycles. The summed E-state index contributed by atoms with van der Waals surface area (Å²) >= 11 is 6.62. The Morgan fingerprint density at radius 1 is 1.26 bits per heavy atom. The third-order valence-corrected chi connectivity index (χ3v) is 4.77. The van der Waals surface area contributed by atoms with Crippen molar-refractivity contribution in [3.05, 3.63) is 44.8 Å². The molecule has 0 radical (unpaired) electrons. The fourth-order valence-corrected chi connectivity index (χ4v) is 3.41. The number of aromatic hydroxyl groups is 1. The molecular formula is C17H17ClN2O6S. The van der Waals surface area contributed by atoms with E-state index in [1.807, 2.05) is 0 Å². The topological polar surface area (TPSA) is 128 Å². The zero-order chi connectivity index (χ0) is 20.1. The second-order valence-corrected chi connectivity index (χ2v) is 6.67. The summed E-state index contributed by atoms with van der Waals surface area (Å²) < 4.78 is 10.1. The smallest absolute Gasteiger partial charge is 0.342 e. The van der Waals surface area contributed by atoms with Crippen LogP contribution in [0.3, 0.4) is 0 Å². The van der Waals surface area contributed by atoms with Gasteiger partial charge in [0.15, 0.2) is 0 Å². The number of benzene rings is 1. The average Bonchev–Trinajstić information content (AvgIpc) is 2.95. The minimum Gasteiger partial charge on any atom is -0.507 e. The molecule has 0 fully saturated rings. The summed E-state index contributed by atoms with van der Waals surface area (Å²) in [6.45, 7) is 1.33. The highest BCUT2D eigenvalue weighted by Gasteiger charge is 2.27. The number of halogens is 1. The zero-order valence-electron chi connectivity index (χ0n) is 14.5. The predicted octanol–water partition coefficient (Wildman–Crippen LogP) is 2.58. The number of hydrogen-bond acceptors (Lipinski definition) is 8. The van der Waals surface area contributed by atoms with Gasteiger partial charge in [-0.3, -0.25) is 4.79 Å². The van der Waals surface area contributed by atoms with Crippen LogP contribution in [0.2, 0.25) is 5.02 Å². The third kappa shape index (κ3) is 4.50. The van der Waals surface area contributed by atoms with Crippen molar-refractivity contribution in [3.63, 3.8) is 0 Å². The van der Waals surface area contributed by atoms with Crippen LogP contribution in [0.15, 0.2) is 18.2 Å². The van der Waals surface area contributed by atoms with E-state index in [-0.39, 0.29) is 43.9 Å². The summed E-state index contributed by atoms with van der Waals surface area (Å²) in [5.74, 6) is -2.41. The van der Waals surface area contributed by atoms with Crippen LogP contribution in [0.4, 0.5) is 5.00 Å². The van der Waals surface area contributed by atoms with Gasteiger partial charge in [-0.1, -0.05) is 11.6 Å². The van der Waals surface area contributed by atoms with E-state index < -0.39 is 24.5 Å². The minimum absolute atomic E-state index is 0.0198. The molecule has 0 saturated carbocycles. The first-order chi connectivity index (χ1) is 12.8. The number of carbonyl (C=O) groups excluding carboxylic acids is 3. The Labute approximate surface area is 163 Å². The van der Waals surface area contributed by atoms with Gasteiger partial charge in [-0.25, -0.2) is 9.59 Å². The van der Waals surface area contributed by atoms with Gasteiger partial charge in [0.25, 0.3) is 5.91 Å². The van der Waals surface area contributed by atoms with E-state index in [4.69, 9.17) is 26.8 Å². The lowest BCUT2D eigenvalue weighted by Crippen LogP contribution is -2.19. The molecule has 0 saturated heterocycles. The quantitative estimate of drug-likeness (QED) is 0.622. The van der Waals surface area contributed by atoms with E-state index in [0.717, 1.165) is 11.3 Å². The molecule has 1 amide bonds. The molecule has 0 bridgehead atoms. The van der Waals surface area contributed by atoms with Crippen LogP contribution in [-0.2, 0) is 16.1 Å². The number of nitrogens with two attached hydrogens (primary N) is 1. The molecule has 0 spiro atoms. The molecule has 2 rings (SSSR count). The minimum atomic E-state index is -0.855. The van der Waals surface area contributed by atoms with Crippen LogP contribution in [0.1, 0.15) is 42.9 Å². The molecular weight excluding hydrogens is 396 g/mol. The highest BCUT2D eigenvalue weighted by Crippen LogP contribution is 2.33. The Bertz CT molecular complexity index is 896. The molecule has 27 heavy (non-hydrogen) atoms. The van der Waals surface area contributed by atoms with E-state index in [1.54, 1.807) is 6.92 Å². The molecule has 1 heterocycles. The van der Waals surface area contributed by atoms with E-state index in [1.165, 1.54) is 25.2 Å². The SMILES string of the molecule is CCOC(=O)c1c(N)sc(C(=O)NC)c1COC(=O)c1ccc(Cl)cc1O. The van der Waals surface area contributed by atoms with Gasteiger partial charge < -0.3 is 25.6 Å². The van der Waals surface area contributed by atoms with Crippen molar-refractivity contribution < 1.29 is 29.0 Å². The molecule has 10 heteroatoms. The van der Waals surface area contributed by atoms with Crippen molar-refractivity contribution in [1.29, 1.82) is 0 Å². The Morgan fingerprint density at radius 3 is 2.56 bits per heavy atom. The zero-order valence-corrected chi connectivity index (χ0v) is 16.1. The van der Waals surface area contributed by atoms with Crippen molar-refractivity contribution in [1.82, 2.24) is 5.32 Å². The standard InChI is InChI=1S/C17H17ClN2O6S/c1-3-25-17(24)12-10(13(15(22)20-2)27-14(12)19)7-26-16(23)9-5-4-8(18)6-11(9)21/h4-6,21H,3,7,19H2,1-2H3,(H,20,22). The fraction of sp³-hybridized carbons (Fsp3) is 0.235. The largest absolute Gasteiger partial charge is 0.507 e. The molecule has 0 aliphatic rings. The number of carbonyl (C=O) groups is 3. The molecule has 0 aliphatic heterocycles. The first-order valence-electron chi connectivity index (χ1n) is 7.76. The molecule has 144 valence electrons. The number of rotatable bonds is 6. The van der Waals surface area contributed by atoms with Crippen molar-refractivity contribution in [2.75, 3.05) is 19.4 Å². The summed E-state index contributed by atoms with van der Waals surface area (Å²) in [4.78, 5) is 36.7. The molecule has 2 aromatic rings. The summed E-state index contributed by atoms with van der Waals surface area (Å²) in [6.07, 6.45) is 0. The molecule has 0 aliphatic carbocycles.